The Morgan fingerprint density at radius 1 is 1.44 bits per heavy atom. The first-order valence-corrected chi connectivity index (χ1v) is 6.42. The van der Waals surface area contributed by atoms with E-state index in [0.717, 1.165) is 38.2 Å². The van der Waals surface area contributed by atoms with Gasteiger partial charge in [-0.1, -0.05) is 13.0 Å². The number of hydrogen-bond donors (Lipinski definition) is 1. The quantitative estimate of drug-likeness (QED) is 0.658. The zero-order valence-corrected chi connectivity index (χ0v) is 10.6. The van der Waals surface area contributed by atoms with Crippen molar-refractivity contribution in [1.82, 2.24) is 4.90 Å². The lowest BCUT2D eigenvalue weighted by atomic mass is 10.0. The van der Waals surface area contributed by atoms with Gasteiger partial charge in [-0.05, 0) is 25.5 Å². The second-order valence-electron chi connectivity index (χ2n) is 4.66. The Kier molecular flexibility index (Phi) is 4.15. The van der Waals surface area contributed by atoms with E-state index in [0.29, 0.717) is 6.04 Å². The average Bonchev–Trinajstić information content (AvgIpc) is 2.40. The fourth-order valence-corrected chi connectivity index (χ4v) is 2.34. The smallest absolute Gasteiger partial charge is 0.271 e. The monoisotopic (exact) mass is 249 g/mol. The van der Waals surface area contributed by atoms with Crippen LogP contribution in [0.3, 0.4) is 0 Å². The molecule has 1 aromatic rings. The van der Waals surface area contributed by atoms with E-state index in [-0.39, 0.29) is 10.6 Å². The number of likely N-dealkylation sites (tertiary alicyclic amines) is 1. The van der Waals surface area contributed by atoms with Crippen molar-refractivity contribution in [2.24, 2.45) is 0 Å². The number of nitrogens with zero attached hydrogens (tertiary/aromatic N) is 2. The summed E-state index contributed by atoms with van der Waals surface area (Å²) in [5, 5.41) is 14.1. The lowest BCUT2D eigenvalue weighted by Crippen LogP contribution is -2.38. The highest BCUT2D eigenvalue weighted by Crippen LogP contribution is 2.20. The van der Waals surface area contributed by atoms with Crippen molar-refractivity contribution in [3.8, 4) is 0 Å². The van der Waals surface area contributed by atoms with Crippen LogP contribution >= 0.6 is 0 Å². The molecule has 1 aliphatic heterocycles. The molecule has 1 aromatic carbocycles. The average molecular weight is 249 g/mol. The summed E-state index contributed by atoms with van der Waals surface area (Å²) in [5.41, 5.74) is 0.991. The van der Waals surface area contributed by atoms with Crippen LogP contribution in [0.15, 0.2) is 24.3 Å². The number of nitro groups is 1. The molecule has 0 radical (unpaired) electrons. The van der Waals surface area contributed by atoms with E-state index in [1.807, 2.05) is 6.07 Å². The third-order valence-electron chi connectivity index (χ3n) is 3.46. The first-order valence-electron chi connectivity index (χ1n) is 6.42. The van der Waals surface area contributed by atoms with Gasteiger partial charge in [0.2, 0.25) is 0 Å². The topological polar surface area (TPSA) is 58.4 Å². The predicted molar refractivity (Wildman–Crippen MR) is 71.9 cm³/mol. The van der Waals surface area contributed by atoms with Crippen molar-refractivity contribution in [2.45, 2.75) is 25.8 Å². The van der Waals surface area contributed by atoms with Crippen LogP contribution in [-0.4, -0.2) is 35.5 Å². The normalized spacial score (nSPS) is 17.6. The van der Waals surface area contributed by atoms with Crippen LogP contribution in [0.4, 0.5) is 11.4 Å². The Morgan fingerprint density at radius 2 is 2.17 bits per heavy atom. The molecule has 0 atom stereocenters. The van der Waals surface area contributed by atoms with Gasteiger partial charge in [0.05, 0.1) is 4.92 Å². The number of rotatable bonds is 4. The molecule has 1 N–H and O–H groups in total. The van der Waals surface area contributed by atoms with E-state index in [1.165, 1.54) is 6.07 Å². The molecule has 0 aliphatic carbocycles. The molecule has 0 bridgehead atoms. The molecule has 1 fully saturated rings. The largest absolute Gasteiger partial charge is 0.382 e. The van der Waals surface area contributed by atoms with E-state index in [4.69, 9.17) is 0 Å². The maximum Gasteiger partial charge on any atom is 0.271 e. The van der Waals surface area contributed by atoms with E-state index in [1.54, 1.807) is 12.1 Å². The van der Waals surface area contributed by atoms with Crippen molar-refractivity contribution >= 4 is 11.4 Å². The zero-order valence-electron chi connectivity index (χ0n) is 10.6. The number of benzene rings is 1. The fourth-order valence-electron chi connectivity index (χ4n) is 2.34. The highest BCUT2D eigenvalue weighted by Gasteiger charge is 2.18. The van der Waals surface area contributed by atoms with Gasteiger partial charge in [0.1, 0.15) is 0 Å². The molecule has 5 nitrogen and oxygen atoms in total. The SMILES string of the molecule is CCN1CCC(Nc2cccc([N+](=O)[O-])c2)CC1. The number of nitrogens with one attached hydrogen (secondary N) is 1. The van der Waals surface area contributed by atoms with Crippen LogP contribution in [0.2, 0.25) is 0 Å². The molecule has 0 spiro atoms. The lowest BCUT2D eigenvalue weighted by Gasteiger charge is -2.31. The molecule has 0 aromatic heterocycles. The lowest BCUT2D eigenvalue weighted by molar-refractivity contribution is -0.384. The van der Waals surface area contributed by atoms with Gasteiger partial charge in [-0.25, -0.2) is 0 Å². The van der Waals surface area contributed by atoms with Crippen molar-refractivity contribution in [2.75, 3.05) is 25.0 Å². The summed E-state index contributed by atoms with van der Waals surface area (Å²) in [6.45, 7) is 5.48. The second-order valence-corrected chi connectivity index (χ2v) is 4.66. The Bertz CT molecular complexity index is 414. The minimum Gasteiger partial charge on any atom is -0.382 e. The maximum atomic E-state index is 10.7. The summed E-state index contributed by atoms with van der Waals surface area (Å²) in [6.07, 6.45) is 2.19. The molecule has 1 aliphatic rings. The first kappa shape index (κ1) is 12.8. The molecule has 0 unspecified atom stereocenters. The van der Waals surface area contributed by atoms with Crippen LogP contribution in [0.25, 0.3) is 0 Å². The van der Waals surface area contributed by atoms with Crippen molar-refractivity contribution in [3.63, 3.8) is 0 Å². The molecule has 2 rings (SSSR count). The Labute approximate surface area is 107 Å². The summed E-state index contributed by atoms with van der Waals surface area (Å²) < 4.78 is 0. The summed E-state index contributed by atoms with van der Waals surface area (Å²) in [6, 6.07) is 7.16. The van der Waals surface area contributed by atoms with Crippen LogP contribution in [0.1, 0.15) is 19.8 Å². The number of hydrogen-bond acceptors (Lipinski definition) is 4. The molecular formula is C13H19N3O2. The second kappa shape index (κ2) is 5.82. The molecular weight excluding hydrogens is 230 g/mol. The van der Waals surface area contributed by atoms with Crippen LogP contribution in [0, 0.1) is 10.1 Å². The Balaban J connectivity index is 1.94. The standard InChI is InChI=1S/C13H19N3O2/c1-2-15-8-6-11(7-9-15)14-12-4-3-5-13(10-12)16(17)18/h3-5,10-11,14H,2,6-9H2,1H3. The van der Waals surface area contributed by atoms with Gasteiger partial charge in [0.25, 0.3) is 5.69 Å². The van der Waals surface area contributed by atoms with Gasteiger partial charge in [-0.2, -0.15) is 0 Å². The highest BCUT2D eigenvalue weighted by atomic mass is 16.6. The van der Waals surface area contributed by atoms with Crippen molar-refractivity contribution in [1.29, 1.82) is 0 Å². The first-order chi connectivity index (χ1) is 8.69. The summed E-state index contributed by atoms with van der Waals surface area (Å²) in [5.74, 6) is 0. The third kappa shape index (κ3) is 3.20. The molecule has 5 heteroatoms. The van der Waals surface area contributed by atoms with E-state index in [2.05, 4.69) is 17.1 Å². The van der Waals surface area contributed by atoms with Gasteiger partial charge in [0, 0.05) is 37.0 Å². The van der Waals surface area contributed by atoms with Gasteiger partial charge in [-0.15, -0.1) is 0 Å². The summed E-state index contributed by atoms with van der Waals surface area (Å²) >= 11 is 0. The molecule has 1 heterocycles. The summed E-state index contributed by atoms with van der Waals surface area (Å²) in [7, 11) is 0. The van der Waals surface area contributed by atoms with Crippen molar-refractivity contribution < 1.29 is 4.92 Å². The van der Waals surface area contributed by atoms with Gasteiger partial charge in [0.15, 0.2) is 0 Å². The van der Waals surface area contributed by atoms with E-state index < -0.39 is 0 Å². The molecule has 98 valence electrons. The minimum absolute atomic E-state index is 0.144. The van der Waals surface area contributed by atoms with E-state index in [9.17, 15) is 10.1 Å². The molecule has 18 heavy (non-hydrogen) atoms. The third-order valence-corrected chi connectivity index (χ3v) is 3.46. The minimum atomic E-state index is -0.356. The molecule has 0 amide bonds. The van der Waals surface area contributed by atoms with E-state index >= 15 is 0 Å². The van der Waals surface area contributed by atoms with Gasteiger partial charge < -0.3 is 10.2 Å². The van der Waals surface area contributed by atoms with Crippen LogP contribution in [-0.2, 0) is 0 Å². The maximum absolute atomic E-state index is 10.7. The fraction of sp³-hybridized carbons (Fsp3) is 0.538. The van der Waals surface area contributed by atoms with Crippen LogP contribution in [0.5, 0.6) is 0 Å². The van der Waals surface area contributed by atoms with Crippen molar-refractivity contribution in [3.05, 3.63) is 34.4 Å². The molecule has 1 saturated heterocycles. The summed E-state index contributed by atoms with van der Waals surface area (Å²) in [4.78, 5) is 12.8. The zero-order chi connectivity index (χ0) is 13.0. The number of anilines is 1. The number of nitro benzene ring substituents is 1. The molecule has 0 saturated carbocycles. The van der Waals surface area contributed by atoms with Gasteiger partial charge >= 0.3 is 0 Å². The Hall–Kier alpha value is -1.62. The number of non-ortho nitro benzene ring substituents is 1. The highest BCUT2D eigenvalue weighted by molar-refractivity contribution is 5.51. The Morgan fingerprint density at radius 3 is 2.78 bits per heavy atom. The number of piperidine rings is 1. The van der Waals surface area contributed by atoms with Crippen LogP contribution < -0.4 is 5.32 Å². The predicted octanol–water partition coefficient (Wildman–Crippen LogP) is 2.49. The van der Waals surface area contributed by atoms with Gasteiger partial charge in [-0.3, -0.25) is 10.1 Å².